The zero-order valence-corrected chi connectivity index (χ0v) is 13.7. The van der Waals surface area contributed by atoms with Crippen molar-refractivity contribution in [1.29, 1.82) is 0 Å². The molecule has 1 saturated heterocycles. The minimum Gasteiger partial charge on any atom is -0.481 e. The van der Waals surface area contributed by atoms with Crippen molar-refractivity contribution < 1.29 is 18.7 Å². The SMILES string of the molecule is O=C(NCc1ccccc1)C1CN(C(=O)COc2ccccc2F)C1. The van der Waals surface area contributed by atoms with Gasteiger partial charge in [0.2, 0.25) is 5.91 Å². The molecule has 5 nitrogen and oxygen atoms in total. The van der Waals surface area contributed by atoms with Crippen LogP contribution in [0.25, 0.3) is 0 Å². The minimum absolute atomic E-state index is 0.0496. The number of hydrogen-bond donors (Lipinski definition) is 1. The van der Waals surface area contributed by atoms with Crippen LogP contribution < -0.4 is 10.1 Å². The lowest BCUT2D eigenvalue weighted by molar-refractivity contribution is -0.144. The summed E-state index contributed by atoms with van der Waals surface area (Å²) in [4.78, 5) is 25.6. The Balaban J connectivity index is 1.39. The average Bonchev–Trinajstić information content (AvgIpc) is 2.59. The summed E-state index contributed by atoms with van der Waals surface area (Å²) in [7, 11) is 0. The van der Waals surface area contributed by atoms with Gasteiger partial charge < -0.3 is 15.0 Å². The highest BCUT2D eigenvalue weighted by molar-refractivity contribution is 5.85. The Hall–Kier alpha value is -2.89. The third-order valence-electron chi connectivity index (χ3n) is 4.10. The van der Waals surface area contributed by atoms with Gasteiger partial charge in [-0.1, -0.05) is 42.5 Å². The van der Waals surface area contributed by atoms with Crippen LogP contribution in [-0.2, 0) is 16.1 Å². The molecular formula is C19H19FN2O3. The van der Waals surface area contributed by atoms with Crippen LogP contribution in [0.4, 0.5) is 4.39 Å². The molecule has 0 unspecified atom stereocenters. The highest BCUT2D eigenvalue weighted by atomic mass is 19.1. The van der Waals surface area contributed by atoms with Crippen LogP contribution in [0.2, 0.25) is 0 Å². The van der Waals surface area contributed by atoms with Crippen molar-refractivity contribution >= 4 is 11.8 Å². The molecule has 0 atom stereocenters. The molecule has 2 amide bonds. The maximum absolute atomic E-state index is 13.4. The molecule has 2 aromatic rings. The summed E-state index contributed by atoms with van der Waals surface area (Å²) in [6, 6.07) is 15.6. The fourth-order valence-electron chi connectivity index (χ4n) is 2.57. The fourth-order valence-corrected chi connectivity index (χ4v) is 2.57. The molecule has 0 spiro atoms. The molecule has 0 radical (unpaired) electrons. The number of likely N-dealkylation sites (tertiary alicyclic amines) is 1. The normalized spacial score (nSPS) is 13.9. The Morgan fingerprint density at radius 2 is 1.76 bits per heavy atom. The van der Waals surface area contributed by atoms with Gasteiger partial charge in [0.25, 0.3) is 5.91 Å². The van der Waals surface area contributed by atoms with E-state index in [0.717, 1.165) is 5.56 Å². The van der Waals surface area contributed by atoms with Crippen molar-refractivity contribution in [2.24, 2.45) is 5.92 Å². The molecule has 130 valence electrons. The van der Waals surface area contributed by atoms with Crippen LogP contribution in [0, 0.1) is 11.7 Å². The number of ether oxygens (including phenoxy) is 1. The third kappa shape index (κ3) is 4.35. The van der Waals surface area contributed by atoms with Crippen LogP contribution in [0.1, 0.15) is 5.56 Å². The van der Waals surface area contributed by atoms with E-state index in [9.17, 15) is 14.0 Å². The third-order valence-corrected chi connectivity index (χ3v) is 4.10. The Morgan fingerprint density at radius 3 is 2.48 bits per heavy atom. The summed E-state index contributed by atoms with van der Waals surface area (Å²) in [6.07, 6.45) is 0. The fraction of sp³-hybridized carbons (Fsp3) is 0.263. The minimum atomic E-state index is -0.503. The lowest BCUT2D eigenvalue weighted by Crippen LogP contribution is -2.56. The number of halogens is 1. The molecule has 25 heavy (non-hydrogen) atoms. The van der Waals surface area contributed by atoms with Crippen molar-refractivity contribution in [3.05, 3.63) is 66.0 Å². The number of carbonyl (C=O) groups excluding carboxylic acids is 2. The smallest absolute Gasteiger partial charge is 0.260 e. The van der Waals surface area contributed by atoms with Gasteiger partial charge in [-0.15, -0.1) is 0 Å². The molecule has 0 bridgehead atoms. The van der Waals surface area contributed by atoms with Gasteiger partial charge in [-0.3, -0.25) is 9.59 Å². The predicted molar refractivity (Wildman–Crippen MR) is 90.3 cm³/mol. The van der Waals surface area contributed by atoms with Crippen LogP contribution >= 0.6 is 0 Å². The summed E-state index contributed by atoms with van der Waals surface area (Å²) in [5.41, 5.74) is 1.03. The first-order valence-corrected chi connectivity index (χ1v) is 8.10. The van der Waals surface area contributed by atoms with Crippen molar-refractivity contribution in [3.8, 4) is 5.75 Å². The Morgan fingerprint density at radius 1 is 1.08 bits per heavy atom. The van der Waals surface area contributed by atoms with Crippen molar-refractivity contribution in [1.82, 2.24) is 10.2 Å². The number of amides is 2. The van der Waals surface area contributed by atoms with Crippen LogP contribution in [0.15, 0.2) is 54.6 Å². The van der Waals surface area contributed by atoms with E-state index in [1.165, 1.54) is 17.0 Å². The quantitative estimate of drug-likeness (QED) is 0.873. The summed E-state index contributed by atoms with van der Waals surface area (Å²) in [6.45, 7) is 0.958. The second-order valence-corrected chi connectivity index (χ2v) is 5.92. The Kier molecular flexibility index (Phi) is 5.28. The number of nitrogens with zero attached hydrogens (tertiary/aromatic N) is 1. The van der Waals surface area contributed by atoms with Gasteiger partial charge in [0, 0.05) is 19.6 Å². The number of carbonyl (C=O) groups is 2. The largest absolute Gasteiger partial charge is 0.481 e. The number of nitrogens with one attached hydrogen (secondary N) is 1. The molecule has 6 heteroatoms. The van der Waals surface area contributed by atoms with Gasteiger partial charge in [-0.2, -0.15) is 0 Å². The Bertz CT molecular complexity index is 745. The van der Waals surface area contributed by atoms with Gasteiger partial charge >= 0.3 is 0 Å². The molecule has 0 saturated carbocycles. The maximum atomic E-state index is 13.4. The standard InChI is InChI=1S/C19H19FN2O3/c20-16-8-4-5-9-17(16)25-13-18(23)22-11-15(12-22)19(24)21-10-14-6-2-1-3-7-14/h1-9,15H,10-13H2,(H,21,24). The van der Waals surface area contributed by atoms with Gasteiger partial charge in [-0.05, 0) is 17.7 Å². The zero-order valence-electron chi connectivity index (χ0n) is 13.7. The van der Waals surface area contributed by atoms with Crippen molar-refractivity contribution in [3.63, 3.8) is 0 Å². The Labute approximate surface area is 145 Å². The topological polar surface area (TPSA) is 58.6 Å². The lowest BCUT2D eigenvalue weighted by atomic mass is 9.99. The number of para-hydroxylation sites is 1. The van der Waals surface area contributed by atoms with E-state index in [1.54, 1.807) is 12.1 Å². The molecule has 0 aliphatic carbocycles. The van der Waals surface area contributed by atoms with Crippen molar-refractivity contribution in [2.75, 3.05) is 19.7 Å². The van der Waals surface area contributed by atoms with Crippen LogP contribution in [0.3, 0.4) is 0 Å². The van der Waals surface area contributed by atoms with E-state index >= 15 is 0 Å². The van der Waals surface area contributed by atoms with Gasteiger partial charge in [0.1, 0.15) is 0 Å². The van der Waals surface area contributed by atoms with Crippen molar-refractivity contribution in [2.45, 2.75) is 6.54 Å². The molecule has 2 aromatic carbocycles. The first-order valence-electron chi connectivity index (χ1n) is 8.10. The van der Waals surface area contributed by atoms with Gasteiger partial charge in [0.15, 0.2) is 18.2 Å². The monoisotopic (exact) mass is 342 g/mol. The summed E-state index contributed by atoms with van der Waals surface area (Å²) < 4.78 is 18.6. The van der Waals surface area contributed by atoms with E-state index in [-0.39, 0.29) is 30.1 Å². The number of rotatable bonds is 6. The molecule has 3 rings (SSSR count). The number of hydrogen-bond acceptors (Lipinski definition) is 3. The van der Waals surface area contributed by atoms with E-state index in [1.807, 2.05) is 30.3 Å². The molecule has 1 N–H and O–H groups in total. The molecule has 0 aromatic heterocycles. The molecular weight excluding hydrogens is 323 g/mol. The summed E-state index contributed by atoms with van der Waals surface area (Å²) >= 11 is 0. The van der Waals surface area contributed by atoms with Crippen LogP contribution in [0.5, 0.6) is 5.75 Å². The average molecular weight is 342 g/mol. The highest BCUT2D eigenvalue weighted by Gasteiger charge is 2.35. The van der Waals surface area contributed by atoms with E-state index in [0.29, 0.717) is 19.6 Å². The van der Waals surface area contributed by atoms with Gasteiger partial charge in [0.05, 0.1) is 5.92 Å². The van der Waals surface area contributed by atoms with E-state index in [4.69, 9.17) is 4.74 Å². The molecule has 1 aliphatic rings. The lowest BCUT2D eigenvalue weighted by Gasteiger charge is -2.38. The summed E-state index contributed by atoms with van der Waals surface area (Å²) in [5, 5.41) is 2.87. The molecule has 1 aliphatic heterocycles. The molecule has 1 heterocycles. The second-order valence-electron chi connectivity index (χ2n) is 5.92. The zero-order chi connectivity index (χ0) is 17.6. The van der Waals surface area contributed by atoms with Gasteiger partial charge in [-0.25, -0.2) is 4.39 Å². The van der Waals surface area contributed by atoms with E-state index < -0.39 is 5.82 Å². The molecule has 1 fully saturated rings. The first kappa shape index (κ1) is 17.0. The second kappa shape index (κ2) is 7.79. The predicted octanol–water partition coefficient (Wildman–Crippen LogP) is 1.98. The summed E-state index contributed by atoms with van der Waals surface area (Å²) in [5.74, 6) is -0.981. The maximum Gasteiger partial charge on any atom is 0.260 e. The van der Waals surface area contributed by atoms with E-state index in [2.05, 4.69) is 5.32 Å². The number of benzene rings is 2. The highest BCUT2D eigenvalue weighted by Crippen LogP contribution is 2.18. The first-order chi connectivity index (χ1) is 12.1. The van der Waals surface area contributed by atoms with Crippen LogP contribution in [-0.4, -0.2) is 36.4 Å².